The van der Waals surface area contributed by atoms with Gasteiger partial charge >= 0.3 is 5.97 Å². The second kappa shape index (κ2) is 14.1. The van der Waals surface area contributed by atoms with Crippen molar-refractivity contribution in [3.63, 3.8) is 0 Å². The van der Waals surface area contributed by atoms with E-state index in [2.05, 4.69) is 31.2 Å². The second-order valence-corrected chi connectivity index (χ2v) is 8.70. The molecule has 1 atom stereocenters. The monoisotopic (exact) mass is 428 g/mol. The van der Waals surface area contributed by atoms with Gasteiger partial charge in [0.25, 0.3) is 0 Å². The molecule has 30 heavy (non-hydrogen) atoms. The van der Waals surface area contributed by atoms with Crippen LogP contribution in [-0.4, -0.2) is 24.4 Å². The SMILES string of the molecule is CCCCCCCCCSc1ccc(-c2ccc(O[C@H](C)C(=O)OCC)cc2)cc1. The van der Waals surface area contributed by atoms with Gasteiger partial charge in [0.1, 0.15) is 5.75 Å². The summed E-state index contributed by atoms with van der Waals surface area (Å²) >= 11 is 1.94. The third kappa shape index (κ3) is 8.83. The van der Waals surface area contributed by atoms with E-state index < -0.39 is 6.10 Å². The highest BCUT2D eigenvalue weighted by Crippen LogP contribution is 2.27. The molecule has 0 saturated heterocycles. The molecule has 0 amide bonds. The Morgan fingerprint density at radius 1 is 0.833 bits per heavy atom. The minimum atomic E-state index is -0.608. The molecule has 0 N–H and O–H groups in total. The molecule has 2 aromatic rings. The Labute approximate surface area is 186 Å². The maximum absolute atomic E-state index is 11.7. The highest BCUT2D eigenvalue weighted by atomic mass is 32.2. The van der Waals surface area contributed by atoms with Crippen LogP contribution in [0.15, 0.2) is 53.4 Å². The molecule has 0 aliphatic heterocycles. The minimum Gasteiger partial charge on any atom is -0.479 e. The number of carbonyl (C=O) groups excluding carboxylic acids is 1. The molecule has 0 spiro atoms. The van der Waals surface area contributed by atoms with Gasteiger partial charge in [0.05, 0.1) is 6.61 Å². The lowest BCUT2D eigenvalue weighted by molar-refractivity contribution is -0.150. The molecule has 164 valence electrons. The summed E-state index contributed by atoms with van der Waals surface area (Å²) in [4.78, 5) is 13.0. The van der Waals surface area contributed by atoms with Crippen molar-refractivity contribution in [2.75, 3.05) is 12.4 Å². The molecule has 0 bridgehead atoms. The first-order valence-corrected chi connectivity index (χ1v) is 12.3. The van der Waals surface area contributed by atoms with Gasteiger partial charge < -0.3 is 9.47 Å². The van der Waals surface area contributed by atoms with Gasteiger partial charge in [-0.25, -0.2) is 4.79 Å². The molecular formula is C26H36O3S. The van der Waals surface area contributed by atoms with E-state index >= 15 is 0 Å². The Kier molecular flexibility index (Phi) is 11.5. The van der Waals surface area contributed by atoms with E-state index in [1.807, 2.05) is 36.0 Å². The number of rotatable bonds is 14. The smallest absolute Gasteiger partial charge is 0.347 e. The highest BCUT2D eigenvalue weighted by molar-refractivity contribution is 7.99. The standard InChI is InChI=1S/C26H36O3S/c1-4-6-7-8-9-10-11-20-30-25-18-14-23(15-19-25)22-12-16-24(17-13-22)29-21(3)26(27)28-5-2/h12-19,21H,4-11,20H2,1-3H3/t21-/m1/s1. The van der Waals surface area contributed by atoms with Crippen molar-refractivity contribution in [1.82, 2.24) is 0 Å². The Hall–Kier alpha value is -1.94. The normalized spacial score (nSPS) is 11.8. The third-order valence-corrected chi connectivity index (χ3v) is 6.09. The summed E-state index contributed by atoms with van der Waals surface area (Å²) < 4.78 is 10.6. The quantitative estimate of drug-likeness (QED) is 0.177. The molecule has 0 aliphatic carbocycles. The van der Waals surface area contributed by atoms with Crippen LogP contribution in [0.2, 0.25) is 0 Å². The number of unbranched alkanes of at least 4 members (excludes halogenated alkanes) is 6. The Balaban J connectivity index is 1.75. The number of hydrogen-bond donors (Lipinski definition) is 0. The number of benzene rings is 2. The molecule has 3 nitrogen and oxygen atoms in total. The van der Waals surface area contributed by atoms with Crippen LogP contribution in [0.5, 0.6) is 5.75 Å². The first kappa shape index (κ1) is 24.3. The van der Waals surface area contributed by atoms with Gasteiger partial charge in [-0.2, -0.15) is 0 Å². The van der Waals surface area contributed by atoms with Gasteiger partial charge in [-0.3, -0.25) is 0 Å². The molecule has 4 heteroatoms. The number of esters is 1. The van der Waals surface area contributed by atoms with Crippen molar-refractivity contribution in [3.8, 4) is 16.9 Å². The van der Waals surface area contributed by atoms with E-state index in [9.17, 15) is 4.79 Å². The first-order chi connectivity index (χ1) is 14.6. The Morgan fingerprint density at radius 2 is 1.40 bits per heavy atom. The van der Waals surface area contributed by atoms with E-state index in [0.29, 0.717) is 12.4 Å². The van der Waals surface area contributed by atoms with Gasteiger partial charge in [0.15, 0.2) is 6.10 Å². The summed E-state index contributed by atoms with van der Waals surface area (Å²) in [6.07, 6.45) is 8.88. The number of thioether (sulfide) groups is 1. The fourth-order valence-corrected chi connectivity index (χ4v) is 4.14. The van der Waals surface area contributed by atoms with Crippen LogP contribution in [0.1, 0.15) is 65.7 Å². The third-order valence-electron chi connectivity index (χ3n) is 4.99. The van der Waals surface area contributed by atoms with Gasteiger partial charge in [-0.05, 0) is 61.4 Å². The van der Waals surface area contributed by atoms with Crippen LogP contribution >= 0.6 is 11.8 Å². The van der Waals surface area contributed by atoms with Gasteiger partial charge in [-0.15, -0.1) is 11.8 Å². The van der Waals surface area contributed by atoms with Crippen molar-refractivity contribution < 1.29 is 14.3 Å². The van der Waals surface area contributed by atoms with E-state index in [0.717, 1.165) is 5.56 Å². The molecule has 0 radical (unpaired) electrons. The average Bonchev–Trinajstić information content (AvgIpc) is 2.77. The summed E-state index contributed by atoms with van der Waals surface area (Å²) in [6.45, 7) is 6.12. The zero-order valence-corrected chi connectivity index (χ0v) is 19.5. The molecule has 2 rings (SSSR count). The molecule has 0 fully saturated rings. The molecule has 0 aliphatic rings. The maximum Gasteiger partial charge on any atom is 0.347 e. The van der Waals surface area contributed by atoms with Crippen LogP contribution in [-0.2, 0) is 9.53 Å². The van der Waals surface area contributed by atoms with Crippen LogP contribution in [0.3, 0.4) is 0 Å². The second-order valence-electron chi connectivity index (χ2n) is 7.53. The molecule has 0 unspecified atom stereocenters. The summed E-state index contributed by atoms with van der Waals surface area (Å²) in [5.74, 6) is 1.52. The van der Waals surface area contributed by atoms with Crippen molar-refractivity contribution >= 4 is 17.7 Å². The molecule has 0 aromatic heterocycles. The van der Waals surface area contributed by atoms with Crippen molar-refractivity contribution in [2.24, 2.45) is 0 Å². The summed E-state index contributed by atoms with van der Waals surface area (Å²) in [5.41, 5.74) is 2.31. The summed E-state index contributed by atoms with van der Waals surface area (Å²) in [7, 11) is 0. The Morgan fingerprint density at radius 3 is 2.00 bits per heavy atom. The molecule has 0 heterocycles. The maximum atomic E-state index is 11.7. The van der Waals surface area contributed by atoms with E-state index in [1.54, 1.807) is 13.8 Å². The van der Waals surface area contributed by atoms with Crippen molar-refractivity contribution in [1.29, 1.82) is 0 Å². The van der Waals surface area contributed by atoms with Crippen molar-refractivity contribution in [3.05, 3.63) is 48.5 Å². The number of hydrogen-bond acceptors (Lipinski definition) is 4. The average molecular weight is 429 g/mol. The van der Waals surface area contributed by atoms with E-state index in [4.69, 9.17) is 9.47 Å². The number of ether oxygens (including phenoxy) is 2. The van der Waals surface area contributed by atoms with Crippen molar-refractivity contribution in [2.45, 2.75) is 76.7 Å². The topological polar surface area (TPSA) is 35.5 Å². The van der Waals surface area contributed by atoms with Gasteiger partial charge in [-0.1, -0.05) is 69.7 Å². The van der Waals surface area contributed by atoms with Crippen LogP contribution in [0.25, 0.3) is 11.1 Å². The first-order valence-electron chi connectivity index (χ1n) is 11.3. The Bertz CT molecular complexity index is 725. The summed E-state index contributed by atoms with van der Waals surface area (Å²) in [5, 5.41) is 0. The largest absolute Gasteiger partial charge is 0.479 e. The van der Waals surface area contributed by atoms with Gasteiger partial charge in [0.2, 0.25) is 0 Å². The fraction of sp³-hybridized carbons (Fsp3) is 0.500. The molecule has 2 aromatic carbocycles. The highest BCUT2D eigenvalue weighted by Gasteiger charge is 2.15. The molecule has 0 saturated carbocycles. The predicted molar refractivity (Wildman–Crippen MR) is 127 cm³/mol. The van der Waals surface area contributed by atoms with Crippen LogP contribution in [0, 0.1) is 0 Å². The van der Waals surface area contributed by atoms with E-state index in [1.165, 1.54) is 61.2 Å². The fourth-order valence-electron chi connectivity index (χ4n) is 3.23. The zero-order chi connectivity index (χ0) is 21.6. The lowest BCUT2D eigenvalue weighted by Crippen LogP contribution is -2.25. The number of carbonyl (C=O) groups is 1. The zero-order valence-electron chi connectivity index (χ0n) is 18.7. The van der Waals surface area contributed by atoms with E-state index in [-0.39, 0.29) is 5.97 Å². The van der Waals surface area contributed by atoms with Crippen LogP contribution < -0.4 is 4.74 Å². The lowest BCUT2D eigenvalue weighted by Gasteiger charge is -2.13. The minimum absolute atomic E-state index is 0.342. The van der Waals surface area contributed by atoms with Crippen LogP contribution in [0.4, 0.5) is 0 Å². The summed E-state index contributed by atoms with van der Waals surface area (Å²) in [6, 6.07) is 16.6. The van der Waals surface area contributed by atoms with Gasteiger partial charge in [0, 0.05) is 4.90 Å². The predicted octanol–water partition coefficient (Wildman–Crippen LogP) is 7.53. The molecular weight excluding hydrogens is 392 g/mol. The lowest BCUT2D eigenvalue weighted by atomic mass is 10.1.